The van der Waals surface area contributed by atoms with E-state index >= 15 is 0 Å². The smallest absolute Gasteiger partial charge is 0.318 e. The molecule has 0 unspecified atom stereocenters. The minimum absolute atomic E-state index is 0.332. The van der Waals surface area contributed by atoms with Crippen molar-refractivity contribution in [3.8, 4) is 6.01 Å². The van der Waals surface area contributed by atoms with Gasteiger partial charge in [0.2, 0.25) is 0 Å². The Hall–Kier alpha value is -1.27. The van der Waals surface area contributed by atoms with Gasteiger partial charge in [-0.25, -0.2) is 9.98 Å². The van der Waals surface area contributed by atoms with Crippen molar-refractivity contribution in [3.05, 3.63) is 22.8 Å². The predicted molar refractivity (Wildman–Crippen MR) is 70.2 cm³/mol. The lowest BCUT2D eigenvalue weighted by atomic mass is 10.2. The fourth-order valence-corrected chi connectivity index (χ4v) is 2.26. The maximum Gasteiger partial charge on any atom is 0.318 e. The zero-order valence-corrected chi connectivity index (χ0v) is 11.3. The van der Waals surface area contributed by atoms with Crippen LogP contribution in [0.4, 0.5) is 5.82 Å². The number of ether oxygens (including phenoxy) is 1. The molecule has 90 valence electrons. The zero-order valence-electron chi connectivity index (χ0n) is 9.72. The molecule has 0 radical (unpaired) electrons. The van der Waals surface area contributed by atoms with Crippen molar-refractivity contribution >= 4 is 27.5 Å². The molecule has 2 heterocycles. The number of aliphatic imine (C=N–C) groups is 1. The highest BCUT2D eigenvalue weighted by Gasteiger charge is 2.11. The molecule has 0 N–H and O–H groups in total. The first-order valence-corrected chi connectivity index (χ1v) is 5.96. The largest absolute Gasteiger partial charge is 0.467 e. The molecule has 0 fully saturated rings. The molecular formula is C11H13BrN4O. The Balaban J connectivity index is 2.26. The van der Waals surface area contributed by atoms with E-state index in [1.165, 1.54) is 7.11 Å². The summed E-state index contributed by atoms with van der Waals surface area (Å²) >= 11 is 3.49. The zero-order chi connectivity index (χ0) is 12.3. The maximum absolute atomic E-state index is 4.96. The molecular weight excluding hydrogens is 284 g/mol. The van der Waals surface area contributed by atoms with Crippen molar-refractivity contribution in [2.45, 2.75) is 0 Å². The summed E-state index contributed by atoms with van der Waals surface area (Å²) in [4.78, 5) is 14.7. The first kappa shape index (κ1) is 12.2. The molecule has 6 heteroatoms. The summed E-state index contributed by atoms with van der Waals surface area (Å²) < 4.78 is 6.08. The minimum Gasteiger partial charge on any atom is -0.467 e. The van der Waals surface area contributed by atoms with Gasteiger partial charge >= 0.3 is 6.01 Å². The highest BCUT2D eigenvalue weighted by Crippen LogP contribution is 2.16. The van der Waals surface area contributed by atoms with Crippen LogP contribution in [0.25, 0.3) is 0 Å². The Morgan fingerprint density at radius 1 is 1.47 bits per heavy atom. The van der Waals surface area contributed by atoms with Crippen molar-refractivity contribution in [3.63, 3.8) is 0 Å². The molecule has 0 atom stereocenters. The van der Waals surface area contributed by atoms with Crippen LogP contribution in [0.3, 0.4) is 0 Å². The predicted octanol–water partition coefficient (Wildman–Crippen LogP) is 1.78. The lowest BCUT2D eigenvalue weighted by Crippen LogP contribution is -2.30. The van der Waals surface area contributed by atoms with E-state index in [9.17, 15) is 0 Å². The number of hydrogen-bond donors (Lipinski definition) is 0. The standard InChI is InChI=1S/C11H13BrN4O/c1-16-6-8(12)5-9(7-16)14-10-3-4-13-11(15-10)17-2/h3-5H,6-7H2,1-2H3. The van der Waals surface area contributed by atoms with Gasteiger partial charge in [-0.15, -0.1) is 0 Å². The molecule has 0 amide bonds. The molecule has 0 saturated carbocycles. The molecule has 1 aromatic rings. The first-order valence-electron chi connectivity index (χ1n) is 5.16. The summed E-state index contributed by atoms with van der Waals surface area (Å²) in [5, 5.41) is 0. The van der Waals surface area contributed by atoms with E-state index in [1.807, 2.05) is 13.1 Å². The van der Waals surface area contributed by atoms with Gasteiger partial charge in [0.1, 0.15) is 0 Å². The summed E-state index contributed by atoms with van der Waals surface area (Å²) in [6.45, 7) is 1.72. The van der Waals surface area contributed by atoms with E-state index in [4.69, 9.17) is 4.74 Å². The quantitative estimate of drug-likeness (QED) is 0.835. The van der Waals surface area contributed by atoms with Crippen molar-refractivity contribution in [2.24, 2.45) is 4.99 Å². The molecule has 0 spiro atoms. The molecule has 5 nitrogen and oxygen atoms in total. The van der Waals surface area contributed by atoms with Gasteiger partial charge < -0.3 is 4.74 Å². The highest BCUT2D eigenvalue weighted by molar-refractivity contribution is 9.11. The number of likely N-dealkylation sites (N-methyl/N-ethyl adjacent to an activating group) is 1. The topological polar surface area (TPSA) is 50.6 Å². The van der Waals surface area contributed by atoms with Crippen LogP contribution in [0, 0.1) is 0 Å². The van der Waals surface area contributed by atoms with Gasteiger partial charge in [-0.1, -0.05) is 15.9 Å². The van der Waals surface area contributed by atoms with Crippen molar-refractivity contribution < 1.29 is 4.74 Å². The third-order valence-corrected chi connectivity index (χ3v) is 2.72. The van der Waals surface area contributed by atoms with Crippen molar-refractivity contribution in [2.75, 3.05) is 27.2 Å². The molecule has 0 saturated heterocycles. The second-order valence-corrected chi connectivity index (χ2v) is 4.79. The molecule has 0 aliphatic carbocycles. The Bertz CT molecular complexity index is 472. The lowest BCUT2D eigenvalue weighted by molar-refractivity contribution is 0.380. The minimum atomic E-state index is 0.332. The average Bonchev–Trinajstić information content (AvgIpc) is 2.28. The fourth-order valence-electron chi connectivity index (χ4n) is 1.57. The lowest BCUT2D eigenvalue weighted by Gasteiger charge is -2.21. The number of aromatic nitrogens is 2. The second kappa shape index (κ2) is 5.37. The molecule has 1 aliphatic rings. The van der Waals surface area contributed by atoms with Crippen LogP contribution in [-0.2, 0) is 0 Å². The van der Waals surface area contributed by atoms with E-state index in [-0.39, 0.29) is 0 Å². The van der Waals surface area contributed by atoms with Crippen LogP contribution >= 0.6 is 15.9 Å². The van der Waals surface area contributed by atoms with Crippen molar-refractivity contribution in [1.82, 2.24) is 14.9 Å². The molecule has 0 bridgehead atoms. The van der Waals surface area contributed by atoms with E-state index in [2.05, 4.69) is 35.8 Å². The van der Waals surface area contributed by atoms with E-state index in [0.29, 0.717) is 11.8 Å². The van der Waals surface area contributed by atoms with Crippen LogP contribution in [0.5, 0.6) is 6.01 Å². The summed E-state index contributed by atoms with van der Waals surface area (Å²) in [6, 6.07) is 2.09. The van der Waals surface area contributed by atoms with Gasteiger partial charge in [-0.05, 0) is 13.1 Å². The number of nitrogens with zero attached hydrogens (tertiary/aromatic N) is 4. The number of rotatable bonds is 2. The summed E-state index contributed by atoms with van der Waals surface area (Å²) in [7, 11) is 3.58. The summed E-state index contributed by atoms with van der Waals surface area (Å²) in [5.41, 5.74) is 0.964. The third kappa shape index (κ3) is 3.34. The highest BCUT2D eigenvalue weighted by atomic mass is 79.9. The van der Waals surface area contributed by atoms with Crippen molar-refractivity contribution in [1.29, 1.82) is 0 Å². The SMILES string of the molecule is COc1nccc(N=C2C=C(Br)CN(C)C2)n1. The first-order chi connectivity index (χ1) is 8.17. The molecule has 1 aromatic heterocycles. The third-order valence-electron chi connectivity index (χ3n) is 2.24. The monoisotopic (exact) mass is 296 g/mol. The number of hydrogen-bond acceptors (Lipinski definition) is 5. The van der Waals surface area contributed by atoms with Gasteiger partial charge in [-0.3, -0.25) is 4.90 Å². The second-order valence-electron chi connectivity index (χ2n) is 3.77. The Kier molecular flexibility index (Phi) is 3.86. The molecule has 0 aromatic carbocycles. The van der Waals surface area contributed by atoms with Gasteiger partial charge in [0.15, 0.2) is 5.82 Å². The van der Waals surface area contributed by atoms with Gasteiger partial charge in [0.25, 0.3) is 0 Å². The van der Waals surface area contributed by atoms with E-state index in [0.717, 1.165) is 23.3 Å². The number of halogens is 1. The fraction of sp³-hybridized carbons (Fsp3) is 0.364. The maximum atomic E-state index is 4.96. The molecule has 2 rings (SSSR count). The Labute approximate surface area is 108 Å². The molecule has 1 aliphatic heterocycles. The van der Waals surface area contributed by atoms with E-state index in [1.54, 1.807) is 12.3 Å². The summed E-state index contributed by atoms with van der Waals surface area (Å²) in [6.07, 6.45) is 3.66. The van der Waals surface area contributed by atoms with Crippen LogP contribution in [0.15, 0.2) is 27.8 Å². The van der Waals surface area contributed by atoms with Gasteiger partial charge in [0, 0.05) is 29.8 Å². The van der Waals surface area contributed by atoms with Crippen LogP contribution in [0.1, 0.15) is 0 Å². The van der Waals surface area contributed by atoms with Gasteiger partial charge in [0.05, 0.1) is 12.8 Å². The van der Waals surface area contributed by atoms with Crippen LogP contribution < -0.4 is 4.74 Å². The Morgan fingerprint density at radius 3 is 3.00 bits per heavy atom. The molecule has 17 heavy (non-hydrogen) atoms. The van der Waals surface area contributed by atoms with E-state index < -0.39 is 0 Å². The average molecular weight is 297 g/mol. The Morgan fingerprint density at radius 2 is 2.29 bits per heavy atom. The normalized spacial score (nSPS) is 19.2. The van der Waals surface area contributed by atoms with Crippen LogP contribution in [-0.4, -0.2) is 47.8 Å². The summed E-state index contributed by atoms with van der Waals surface area (Å²) in [5.74, 6) is 0.610. The van der Waals surface area contributed by atoms with Crippen LogP contribution in [0.2, 0.25) is 0 Å². The van der Waals surface area contributed by atoms with Gasteiger partial charge in [-0.2, -0.15) is 4.98 Å². The number of methoxy groups -OCH3 is 1.